The Balaban J connectivity index is 0.000000257. The molecule has 6 atom stereocenters. The third-order valence-corrected chi connectivity index (χ3v) is 22.9. The number of likely N-dealkylation sites (N-methyl/N-ethyl adjacent to an activating group) is 3. The maximum Gasteiger partial charge on any atom is 0.280 e. The second-order valence-electron chi connectivity index (χ2n) is 17.1. The molecule has 33 heteroatoms. The number of carbonyl (C=O) groups excluding carboxylic acids is 3. The minimum Gasteiger partial charge on any atom is -0.325 e. The molecule has 0 radical (unpaired) electrons. The molecule has 3 aliphatic heterocycles. The van der Waals surface area contributed by atoms with E-state index >= 15 is 0 Å². The molecule has 3 aliphatic rings. The summed E-state index contributed by atoms with van der Waals surface area (Å²) in [5.41, 5.74) is 0.878. The van der Waals surface area contributed by atoms with Crippen LogP contribution in [0.2, 0.25) is 15.1 Å². The molecule has 3 saturated heterocycles. The Hall–Kier alpha value is -3.12. The van der Waals surface area contributed by atoms with Crippen molar-refractivity contribution in [1.29, 1.82) is 0 Å². The number of nitrogens with zero attached hydrogens (tertiary/aromatic N) is 3. The maximum absolute atomic E-state index is 13.3. The van der Waals surface area contributed by atoms with Gasteiger partial charge in [-0.2, -0.15) is 52.3 Å². The minimum atomic E-state index is -3.82. The molecule has 6 N–H and O–H groups in total. The Morgan fingerprint density at radius 1 is 0.469 bits per heavy atom. The van der Waals surface area contributed by atoms with Gasteiger partial charge in [0.15, 0.2) is 0 Å². The first-order valence-electron chi connectivity index (χ1n) is 22.3. The van der Waals surface area contributed by atoms with Crippen LogP contribution in [-0.2, 0) is 45.0 Å². The van der Waals surface area contributed by atoms with Crippen LogP contribution in [0.25, 0.3) is 0 Å². The second-order valence-corrected chi connectivity index (χ2v) is 31.1. The van der Waals surface area contributed by atoms with Crippen molar-refractivity contribution >= 4 is 182 Å². The lowest BCUT2D eigenvalue weighted by molar-refractivity contribution is -0.120. The summed E-state index contributed by atoms with van der Waals surface area (Å²) in [4.78, 5) is 40.4. The second kappa shape index (κ2) is 29.3. The first kappa shape index (κ1) is 70.4. The quantitative estimate of drug-likeness (QED) is 0.0806. The molecule has 0 aliphatic carbocycles. The fourth-order valence-corrected chi connectivity index (χ4v) is 16.9. The van der Waals surface area contributed by atoms with Crippen LogP contribution in [0.15, 0.2) is 102 Å². The Kier molecular flexibility index (Phi) is 25.5. The predicted octanol–water partition coefficient (Wildman–Crippen LogP) is 12.5. The highest BCUT2D eigenvalue weighted by atomic mass is 79.9. The van der Waals surface area contributed by atoms with Gasteiger partial charge in [-0.05, 0) is 158 Å². The number of anilines is 3. The molecule has 0 bridgehead atoms. The Labute approximate surface area is 521 Å². The normalized spacial score (nSPS) is 22.1. The van der Waals surface area contributed by atoms with E-state index in [1.165, 1.54) is 91.6 Å². The summed E-state index contributed by atoms with van der Waals surface area (Å²) in [7, 11) is -7.45. The molecular formula is C48H54Br3Cl3F3N9O9S6. The van der Waals surface area contributed by atoms with E-state index in [0.717, 1.165) is 57.1 Å². The molecule has 444 valence electrons. The summed E-state index contributed by atoms with van der Waals surface area (Å²) in [6.07, 6.45) is 0.760. The van der Waals surface area contributed by atoms with Gasteiger partial charge in [-0.25, -0.2) is 13.2 Å². The molecule has 3 aromatic heterocycles. The lowest BCUT2D eigenvalue weighted by Crippen LogP contribution is -2.55. The zero-order chi connectivity index (χ0) is 57.2. The van der Waals surface area contributed by atoms with Crippen LogP contribution < -0.4 is 30.1 Å². The summed E-state index contributed by atoms with van der Waals surface area (Å²) < 4.78 is 127. The Morgan fingerprint density at radius 2 is 0.704 bits per heavy atom. The smallest absolute Gasteiger partial charge is 0.280 e. The van der Waals surface area contributed by atoms with Gasteiger partial charge in [0, 0.05) is 52.8 Å². The van der Waals surface area contributed by atoms with Crippen molar-refractivity contribution < 1.29 is 52.8 Å². The summed E-state index contributed by atoms with van der Waals surface area (Å²) >= 11 is 31.4. The van der Waals surface area contributed by atoms with Gasteiger partial charge in [-0.3, -0.25) is 14.4 Å². The average molecular weight is 1500 g/mol. The fourth-order valence-electron chi connectivity index (χ4n) is 7.83. The highest BCUT2D eigenvalue weighted by Gasteiger charge is 2.44. The van der Waals surface area contributed by atoms with Crippen molar-refractivity contribution in [3.05, 3.63) is 150 Å². The maximum atomic E-state index is 13.3. The zero-order valence-corrected chi connectivity index (χ0v) is 52.0. The molecule has 3 amide bonds. The molecule has 6 aromatic rings. The third kappa shape index (κ3) is 17.7. The highest BCUT2D eigenvalue weighted by Crippen LogP contribution is 2.38. The van der Waals surface area contributed by atoms with E-state index in [-0.39, 0.29) is 56.6 Å². The number of carbonyl (C=O) groups is 3. The number of nitrogens with one attached hydrogen (secondary N) is 6. The number of amides is 3. The largest absolute Gasteiger partial charge is 0.325 e. The van der Waals surface area contributed by atoms with Gasteiger partial charge < -0.3 is 16.0 Å². The lowest BCUT2D eigenvalue weighted by atomic mass is 10.1. The van der Waals surface area contributed by atoms with E-state index in [1.54, 1.807) is 0 Å². The molecular weight excluding hydrogens is 1440 g/mol. The van der Waals surface area contributed by atoms with Gasteiger partial charge in [0.25, 0.3) is 30.6 Å². The van der Waals surface area contributed by atoms with Crippen LogP contribution in [0.1, 0.15) is 74.3 Å². The first-order valence-corrected chi connectivity index (χ1v) is 32.6. The Morgan fingerprint density at radius 3 is 0.901 bits per heavy atom. The van der Waals surface area contributed by atoms with Crippen molar-refractivity contribution in [2.45, 2.75) is 77.8 Å². The van der Waals surface area contributed by atoms with Crippen LogP contribution in [0.5, 0.6) is 0 Å². The number of rotatable bonds is 9. The molecule has 3 fully saturated rings. The average Bonchev–Trinajstić information content (AvgIpc) is 4.32. The molecule has 9 rings (SSSR count). The van der Waals surface area contributed by atoms with Gasteiger partial charge in [0.1, 0.15) is 35.6 Å². The summed E-state index contributed by atoms with van der Waals surface area (Å²) in [5, 5.41) is 7.40. The van der Waals surface area contributed by atoms with Gasteiger partial charge in [-0.15, -0.1) is 34.0 Å². The SMILES string of the molecule is C.C.C.CN1C(C(=O)Nc2ccc(F)c(Cl)c2)CC(c2ccc(Br)s2)NS1(=O)=O.CN1[C@@H](C(=O)Nc2ccc(F)c(Cl)c2)C[C@@H](c2ccc(Br)s2)NS1(=O)=O.CN1[C@H](C(=O)Nc2ccc(F)c(Cl)c2)C[C@H](c2ccc(Br)s2)NS1(=O)=O. The van der Waals surface area contributed by atoms with E-state index in [2.05, 4.69) is 77.9 Å². The highest BCUT2D eigenvalue weighted by molar-refractivity contribution is 9.11. The Bertz CT molecular complexity index is 3230. The van der Waals surface area contributed by atoms with Crippen LogP contribution in [0.4, 0.5) is 30.2 Å². The monoisotopic (exact) mass is 1490 g/mol. The molecule has 6 heterocycles. The number of hydrogen-bond donors (Lipinski definition) is 6. The first-order chi connectivity index (χ1) is 36.5. The van der Waals surface area contributed by atoms with E-state index in [9.17, 15) is 52.8 Å². The number of halogens is 9. The van der Waals surface area contributed by atoms with Crippen LogP contribution in [0, 0.1) is 17.5 Å². The van der Waals surface area contributed by atoms with Crippen molar-refractivity contribution in [3.8, 4) is 0 Å². The molecule has 2 unspecified atom stereocenters. The molecule has 81 heavy (non-hydrogen) atoms. The topological polar surface area (TPSA) is 236 Å². The van der Waals surface area contributed by atoms with Crippen LogP contribution >= 0.6 is 117 Å². The molecule has 3 aromatic carbocycles. The van der Waals surface area contributed by atoms with Crippen LogP contribution in [0.3, 0.4) is 0 Å². The van der Waals surface area contributed by atoms with Gasteiger partial charge in [-0.1, -0.05) is 57.1 Å². The fraction of sp³-hybridized carbons (Fsp3) is 0.312. The zero-order valence-electron chi connectivity index (χ0n) is 40.1. The van der Waals surface area contributed by atoms with Crippen LogP contribution in [-0.4, -0.2) is 95.2 Å². The molecule has 0 saturated carbocycles. The summed E-state index contributed by atoms with van der Waals surface area (Å²) in [6, 6.07) is 17.9. The van der Waals surface area contributed by atoms with Crippen molar-refractivity contribution in [2.24, 2.45) is 0 Å². The number of thiophene rings is 3. The van der Waals surface area contributed by atoms with E-state index in [1.807, 2.05) is 36.4 Å². The number of benzene rings is 3. The lowest BCUT2D eigenvalue weighted by Gasteiger charge is -2.35. The van der Waals surface area contributed by atoms with Crippen molar-refractivity contribution in [2.75, 3.05) is 37.1 Å². The minimum absolute atomic E-state index is 0. The van der Waals surface area contributed by atoms with E-state index < -0.39 is 102 Å². The van der Waals surface area contributed by atoms with Gasteiger partial charge >= 0.3 is 0 Å². The van der Waals surface area contributed by atoms with Crippen molar-refractivity contribution in [1.82, 2.24) is 27.1 Å². The van der Waals surface area contributed by atoms with E-state index in [4.69, 9.17) is 34.8 Å². The summed E-state index contributed by atoms with van der Waals surface area (Å²) in [6.45, 7) is 0. The summed E-state index contributed by atoms with van der Waals surface area (Å²) in [5.74, 6) is -3.35. The van der Waals surface area contributed by atoms with Gasteiger partial charge in [0.05, 0.1) is 44.6 Å². The standard InChI is InChI=1S/3C15H14BrClFN3O3S2.3CH4/c3*1-21-12(15(22)19-8-2-3-10(18)9(17)6-8)7-11(20-26(21,23)24)13-4-5-14(16)25-13;;;/h3*2-6,11-12,20H,7H2,1H3,(H,19,22);3*1H4/t2*11-,12+;;;;/m10..../s1. The van der Waals surface area contributed by atoms with E-state index in [0.29, 0.717) is 17.1 Å². The molecule has 18 nitrogen and oxygen atoms in total. The third-order valence-electron chi connectivity index (χ3n) is 12.0. The van der Waals surface area contributed by atoms with Gasteiger partial charge in [0.2, 0.25) is 17.7 Å². The predicted molar refractivity (Wildman–Crippen MR) is 329 cm³/mol. The van der Waals surface area contributed by atoms with Crippen molar-refractivity contribution in [3.63, 3.8) is 0 Å². The number of hydrogen-bond acceptors (Lipinski definition) is 12. The molecule has 0 spiro atoms.